The fraction of sp³-hybridized carbons (Fsp3) is 0.278. The Morgan fingerprint density at radius 3 is 2.13 bits per heavy atom. The summed E-state index contributed by atoms with van der Waals surface area (Å²) >= 11 is 6.15. The van der Waals surface area contributed by atoms with Crippen LogP contribution in [0.5, 0.6) is 11.5 Å². The lowest BCUT2D eigenvalue weighted by atomic mass is 10.0. The highest BCUT2D eigenvalue weighted by Crippen LogP contribution is 2.34. The van der Waals surface area contributed by atoms with Gasteiger partial charge in [0.2, 0.25) is 11.8 Å². The second-order valence-corrected chi connectivity index (χ2v) is 13.3. The molecule has 4 aromatic rings. The van der Waals surface area contributed by atoms with Crippen LogP contribution in [0.3, 0.4) is 0 Å². The van der Waals surface area contributed by atoms with Crippen LogP contribution in [0.1, 0.15) is 30.0 Å². The molecule has 0 saturated carbocycles. The zero-order valence-corrected chi connectivity index (χ0v) is 28.6. The van der Waals surface area contributed by atoms with E-state index in [1.807, 2.05) is 44.2 Å². The van der Waals surface area contributed by atoms with Crippen molar-refractivity contribution < 1.29 is 27.5 Å². The van der Waals surface area contributed by atoms with Crippen molar-refractivity contribution in [1.82, 2.24) is 10.2 Å². The number of nitrogens with one attached hydrogen (secondary N) is 1. The fourth-order valence-corrected chi connectivity index (χ4v) is 6.58. The number of aryl methyl sites for hydroxylation is 1. The predicted molar refractivity (Wildman–Crippen MR) is 184 cm³/mol. The van der Waals surface area contributed by atoms with Crippen molar-refractivity contribution in [1.29, 1.82) is 0 Å². The van der Waals surface area contributed by atoms with E-state index in [4.69, 9.17) is 21.1 Å². The normalized spacial score (nSPS) is 11.8. The molecule has 1 unspecified atom stereocenters. The Labute approximate surface area is 282 Å². The number of nitrogens with zero attached hydrogens (tertiary/aromatic N) is 2. The number of anilines is 1. The van der Waals surface area contributed by atoms with Crippen molar-refractivity contribution in [3.63, 3.8) is 0 Å². The van der Waals surface area contributed by atoms with E-state index in [1.165, 1.54) is 37.3 Å². The number of carbonyl (C=O) groups is 2. The maximum Gasteiger partial charge on any atom is 0.264 e. The van der Waals surface area contributed by atoms with Crippen molar-refractivity contribution >= 4 is 39.1 Å². The van der Waals surface area contributed by atoms with Gasteiger partial charge in [-0.1, -0.05) is 78.7 Å². The monoisotopic (exact) mass is 677 g/mol. The van der Waals surface area contributed by atoms with Gasteiger partial charge in [-0.2, -0.15) is 0 Å². The van der Waals surface area contributed by atoms with Crippen molar-refractivity contribution in [2.24, 2.45) is 0 Å². The second kappa shape index (κ2) is 16.3. The van der Waals surface area contributed by atoms with E-state index in [-0.39, 0.29) is 29.5 Å². The van der Waals surface area contributed by atoms with Crippen LogP contribution < -0.4 is 19.1 Å². The van der Waals surface area contributed by atoms with Crippen molar-refractivity contribution in [2.75, 3.05) is 31.6 Å². The Kier molecular flexibility index (Phi) is 12.3. The Bertz CT molecular complexity index is 1750. The van der Waals surface area contributed by atoms with Crippen LogP contribution in [-0.2, 0) is 32.6 Å². The highest BCUT2D eigenvalue weighted by atomic mass is 35.5. The molecule has 9 nitrogen and oxygen atoms in total. The number of methoxy groups -OCH3 is 2. The van der Waals surface area contributed by atoms with Crippen LogP contribution in [0, 0.1) is 6.92 Å². The number of amides is 2. The lowest BCUT2D eigenvalue weighted by Gasteiger charge is -2.34. The standard InChI is InChI=1S/C36H40ClN3O6S/c1-5-21-38-36(42)32(22-27-9-7-6-8-10-27)39(24-28-13-15-29(37)16-14-28)35(41)25-40(30-17-20-33(45-3)34(23-30)46-4)47(43,44)31-18-11-26(2)12-19-31/h6-20,23,32H,5,21-22,24-25H2,1-4H3,(H,38,42). The van der Waals surface area contributed by atoms with Gasteiger partial charge in [0.1, 0.15) is 12.6 Å². The third kappa shape index (κ3) is 9.05. The van der Waals surface area contributed by atoms with Crippen LogP contribution in [0.4, 0.5) is 5.69 Å². The second-order valence-electron chi connectivity index (χ2n) is 11.0. The van der Waals surface area contributed by atoms with Gasteiger partial charge >= 0.3 is 0 Å². The largest absolute Gasteiger partial charge is 0.493 e. The van der Waals surface area contributed by atoms with Crippen LogP contribution in [0.2, 0.25) is 5.02 Å². The number of sulfonamides is 1. The number of hydrogen-bond acceptors (Lipinski definition) is 6. The smallest absolute Gasteiger partial charge is 0.264 e. The van der Waals surface area contributed by atoms with E-state index in [9.17, 15) is 18.0 Å². The van der Waals surface area contributed by atoms with Crippen LogP contribution in [0.15, 0.2) is 102 Å². The minimum atomic E-state index is -4.27. The number of benzene rings is 4. The number of halogens is 1. The highest BCUT2D eigenvalue weighted by molar-refractivity contribution is 7.92. The number of ether oxygens (including phenoxy) is 2. The van der Waals surface area contributed by atoms with Crippen LogP contribution in [0.25, 0.3) is 0 Å². The molecular formula is C36H40ClN3O6S. The van der Waals surface area contributed by atoms with E-state index < -0.39 is 28.5 Å². The first kappa shape index (κ1) is 35.3. The molecule has 2 amide bonds. The molecule has 1 atom stereocenters. The van der Waals surface area contributed by atoms with Gasteiger partial charge in [-0.25, -0.2) is 8.42 Å². The topological polar surface area (TPSA) is 105 Å². The number of rotatable bonds is 15. The lowest BCUT2D eigenvalue weighted by Crippen LogP contribution is -2.53. The molecule has 0 spiro atoms. The first-order valence-electron chi connectivity index (χ1n) is 15.2. The molecule has 47 heavy (non-hydrogen) atoms. The first-order chi connectivity index (χ1) is 22.6. The Morgan fingerprint density at radius 1 is 0.851 bits per heavy atom. The maximum atomic E-state index is 14.6. The van der Waals surface area contributed by atoms with Crippen molar-refractivity contribution in [3.05, 3.63) is 119 Å². The molecule has 11 heteroatoms. The van der Waals surface area contributed by atoms with E-state index in [0.29, 0.717) is 29.5 Å². The average Bonchev–Trinajstić information content (AvgIpc) is 3.08. The van der Waals surface area contributed by atoms with E-state index in [2.05, 4.69) is 5.32 Å². The molecule has 0 radical (unpaired) electrons. The molecule has 0 aliphatic carbocycles. The molecule has 0 fully saturated rings. The lowest BCUT2D eigenvalue weighted by molar-refractivity contribution is -0.140. The van der Waals surface area contributed by atoms with E-state index >= 15 is 0 Å². The molecular weight excluding hydrogens is 638 g/mol. The van der Waals surface area contributed by atoms with Gasteiger partial charge in [-0.3, -0.25) is 13.9 Å². The van der Waals surface area contributed by atoms with Gasteiger partial charge in [0.05, 0.1) is 24.8 Å². The van der Waals surface area contributed by atoms with Gasteiger partial charge in [0, 0.05) is 30.6 Å². The summed E-state index contributed by atoms with van der Waals surface area (Å²) in [5.74, 6) is -0.217. The van der Waals surface area contributed by atoms with Gasteiger partial charge in [-0.15, -0.1) is 0 Å². The molecule has 0 aromatic heterocycles. The maximum absolute atomic E-state index is 14.6. The molecule has 1 N–H and O–H groups in total. The summed E-state index contributed by atoms with van der Waals surface area (Å²) < 4.78 is 40.4. The summed E-state index contributed by atoms with van der Waals surface area (Å²) in [5.41, 5.74) is 2.65. The van der Waals surface area contributed by atoms with Gasteiger partial charge in [0.15, 0.2) is 11.5 Å². The first-order valence-corrected chi connectivity index (χ1v) is 17.1. The van der Waals surface area contributed by atoms with Crippen LogP contribution >= 0.6 is 11.6 Å². The summed E-state index contributed by atoms with van der Waals surface area (Å²) in [7, 11) is -1.34. The summed E-state index contributed by atoms with van der Waals surface area (Å²) in [6.45, 7) is 3.67. The van der Waals surface area contributed by atoms with Crippen molar-refractivity contribution in [2.45, 2.75) is 44.2 Å². The molecule has 0 saturated heterocycles. The molecule has 0 bridgehead atoms. The third-order valence-electron chi connectivity index (χ3n) is 7.63. The minimum Gasteiger partial charge on any atom is -0.493 e. The van der Waals surface area contributed by atoms with E-state index in [1.54, 1.807) is 48.5 Å². The third-order valence-corrected chi connectivity index (χ3v) is 9.67. The Morgan fingerprint density at radius 2 is 1.51 bits per heavy atom. The zero-order chi connectivity index (χ0) is 34.0. The molecule has 4 aromatic carbocycles. The minimum absolute atomic E-state index is 0.0106. The number of carbonyl (C=O) groups excluding carboxylic acids is 2. The zero-order valence-electron chi connectivity index (χ0n) is 27.0. The molecule has 4 rings (SSSR count). The van der Waals surface area contributed by atoms with Crippen LogP contribution in [-0.4, -0.2) is 58.5 Å². The van der Waals surface area contributed by atoms with Gasteiger partial charge in [-0.05, 0) is 60.9 Å². The highest BCUT2D eigenvalue weighted by Gasteiger charge is 2.35. The predicted octanol–water partition coefficient (Wildman–Crippen LogP) is 6.03. The summed E-state index contributed by atoms with van der Waals surface area (Å²) in [5, 5.41) is 3.47. The molecule has 0 heterocycles. The summed E-state index contributed by atoms with van der Waals surface area (Å²) in [6.07, 6.45) is 0.924. The van der Waals surface area contributed by atoms with E-state index in [0.717, 1.165) is 21.0 Å². The number of hydrogen-bond donors (Lipinski definition) is 1. The molecule has 248 valence electrons. The summed E-state index contributed by atoms with van der Waals surface area (Å²) in [6, 6.07) is 26.5. The quantitative estimate of drug-likeness (QED) is 0.165. The average molecular weight is 678 g/mol. The SMILES string of the molecule is CCCNC(=O)C(Cc1ccccc1)N(Cc1ccc(Cl)cc1)C(=O)CN(c1ccc(OC)c(OC)c1)S(=O)(=O)c1ccc(C)cc1. The Balaban J connectivity index is 1.83. The summed E-state index contributed by atoms with van der Waals surface area (Å²) in [4.78, 5) is 29.8. The Hall–Kier alpha value is -4.54. The molecule has 0 aliphatic rings. The van der Waals surface area contributed by atoms with Gasteiger partial charge < -0.3 is 19.7 Å². The van der Waals surface area contributed by atoms with Crippen molar-refractivity contribution in [3.8, 4) is 11.5 Å². The van der Waals surface area contributed by atoms with Gasteiger partial charge in [0.25, 0.3) is 10.0 Å². The fourth-order valence-electron chi connectivity index (χ4n) is 5.05. The molecule has 0 aliphatic heterocycles.